The lowest BCUT2D eigenvalue weighted by atomic mass is 9.79. The molecule has 0 spiro atoms. The van der Waals surface area contributed by atoms with Gasteiger partial charge in [0.05, 0.1) is 24.4 Å². The highest BCUT2D eigenvalue weighted by Crippen LogP contribution is 2.32. The van der Waals surface area contributed by atoms with Gasteiger partial charge in [-0.3, -0.25) is 9.59 Å². The van der Waals surface area contributed by atoms with Crippen molar-refractivity contribution in [3.8, 4) is 0 Å². The van der Waals surface area contributed by atoms with Gasteiger partial charge in [-0.05, 0) is 50.7 Å². The molecule has 1 rings (SSSR count). The summed E-state index contributed by atoms with van der Waals surface area (Å²) in [5, 5.41) is 0. The Kier molecular flexibility index (Phi) is 32.6. The second-order valence-electron chi connectivity index (χ2n) is 14.9. The highest BCUT2D eigenvalue weighted by molar-refractivity contribution is 5.82. The Morgan fingerprint density at radius 1 is 0.417 bits per heavy atom. The van der Waals surface area contributed by atoms with Crippen LogP contribution in [-0.2, 0) is 19.1 Å². The average Bonchev–Trinajstić information content (AvgIpc) is 3.10. The fraction of sp³-hybridized carbons (Fsp3) is 0.864. The Labute approximate surface area is 299 Å². The van der Waals surface area contributed by atoms with Crippen LogP contribution in [0.15, 0.2) is 24.7 Å². The van der Waals surface area contributed by atoms with Crippen molar-refractivity contribution in [1.82, 2.24) is 0 Å². The zero-order valence-electron chi connectivity index (χ0n) is 32.1. The molecule has 1 aliphatic carbocycles. The Morgan fingerprint density at radius 3 is 0.938 bits per heavy atom. The number of hydrogen-bond acceptors (Lipinski definition) is 4. The van der Waals surface area contributed by atoms with Crippen LogP contribution in [0.3, 0.4) is 0 Å². The summed E-state index contributed by atoms with van der Waals surface area (Å²) in [6.45, 7) is 4.56. The number of rotatable bonds is 34. The molecule has 48 heavy (non-hydrogen) atoms. The van der Waals surface area contributed by atoms with Crippen LogP contribution in [0.1, 0.15) is 232 Å². The number of hydrogen-bond donors (Lipinski definition) is 0. The fourth-order valence-electron chi connectivity index (χ4n) is 7.15. The van der Waals surface area contributed by atoms with E-state index < -0.39 is 11.8 Å². The van der Waals surface area contributed by atoms with E-state index >= 15 is 0 Å². The molecule has 0 heterocycles. The monoisotopic (exact) mass is 673 g/mol. The molecule has 0 amide bonds. The van der Waals surface area contributed by atoms with Crippen molar-refractivity contribution in [2.45, 2.75) is 232 Å². The van der Waals surface area contributed by atoms with Crippen molar-refractivity contribution in [3.05, 3.63) is 24.7 Å². The zero-order chi connectivity index (χ0) is 34.6. The van der Waals surface area contributed by atoms with E-state index in [0.717, 1.165) is 38.5 Å². The molecule has 0 aromatic rings. The Balaban J connectivity index is 2.02. The van der Waals surface area contributed by atoms with E-state index in [1.165, 1.54) is 167 Å². The second kappa shape index (κ2) is 35.3. The summed E-state index contributed by atoms with van der Waals surface area (Å²) in [5.41, 5.74) is 0. The van der Waals surface area contributed by atoms with Gasteiger partial charge in [0, 0.05) is 0 Å². The SMILES string of the molecule is CCCCCCCCCCCCCCCCC=COC(=O)C1CCCCC1C(=O)OC=CCCCCCCCCCCCCCCCC. The maximum atomic E-state index is 12.8. The van der Waals surface area contributed by atoms with Crippen molar-refractivity contribution in [1.29, 1.82) is 0 Å². The summed E-state index contributed by atoms with van der Waals surface area (Å²) in [4.78, 5) is 25.6. The van der Waals surface area contributed by atoms with E-state index in [2.05, 4.69) is 13.8 Å². The van der Waals surface area contributed by atoms with Crippen LogP contribution in [0, 0.1) is 11.8 Å². The third kappa shape index (κ3) is 27.3. The first kappa shape index (κ1) is 44.4. The Hall–Kier alpha value is -1.58. The highest BCUT2D eigenvalue weighted by atomic mass is 16.5. The predicted molar refractivity (Wildman–Crippen MR) is 206 cm³/mol. The lowest BCUT2D eigenvalue weighted by molar-refractivity contribution is -0.156. The highest BCUT2D eigenvalue weighted by Gasteiger charge is 2.37. The minimum Gasteiger partial charge on any atom is -0.435 e. The molecule has 4 nitrogen and oxygen atoms in total. The summed E-state index contributed by atoms with van der Waals surface area (Å²) in [7, 11) is 0. The molecule has 2 unspecified atom stereocenters. The standard InChI is InChI=1S/C44H80O4/c1-3-5-7-9-11-13-15-17-19-21-23-25-27-29-31-35-39-47-43(45)41-37-33-34-38-42(41)44(46)48-40-36-32-30-28-26-24-22-20-18-16-14-12-10-8-6-4-2/h35-36,39-42H,3-34,37-38H2,1-2H3. The van der Waals surface area contributed by atoms with E-state index in [4.69, 9.17) is 9.47 Å². The summed E-state index contributed by atoms with van der Waals surface area (Å²) >= 11 is 0. The molecule has 0 aliphatic heterocycles. The summed E-state index contributed by atoms with van der Waals surface area (Å²) < 4.78 is 10.9. The largest absolute Gasteiger partial charge is 0.435 e. The van der Waals surface area contributed by atoms with Gasteiger partial charge in [-0.2, -0.15) is 0 Å². The molecule has 4 heteroatoms. The predicted octanol–water partition coefficient (Wildman–Crippen LogP) is 14.6. The quantitative estimate of drug-likeness (QED) is 0.0388. The van der Waals surface area contributed by atoms with Gasteiger partial charge < -0.3 is 9.47 Å². The summed E-state index contributed by atoms with van der Waals surface area (Å²) in [6, 6.07) is 0. The first-order valence-corrected chi connectivity index (χ1v) is 21.4. The molecule has 1 saturated carbocycles. The fourth-order valence-corrected chi connectivity index (χ4v) is 7.15. The van der Waals surface area contributed by atoms with Gasteiger partial charge in [0.2, 0.25) is 0 Å². The van der Waals surface area contributed by atoms with Crippen LogP contribution in [0.4, 0.5) is 0 Å². The maximum Gasteiger partial charge on any atom is 0.314 e. The molecule has 0 aromatic heterocycles. The number of esters is 2. The van der Waals surface area contributed by atoms with E-state index in [9.17, 15) is 9.59 Å². The van der Waals surface area contributed by atoms with Crippen molar-refractivity contribution >= 4 is 11.9 Å². The molecule has 1 aliphatic rings. The lowest BCUT2D eigenvalue weighted by Gasteiger charge is -2.27. The number of unbranched alkanes of at least 4 members (excludes halogenated alkanes) is 28. The third-order valence-corrected chi connectivity index (χ3v) is 10.4. The Bertz CT molecular complexity index is 708. The molecule has 0 aromatic carbocycles. The van der Waals surface area contributed by atoms with Crippen molar-refractivity contribution in [3.63, 3.8) is 0 Å². The van der Waals surface area contributed by atoms with Crippen molar-refractivity contribution in [2.24, 2.45) is 11.8 Å². The van der Waals surface area contributed by atoms with Crippen LogP contribution in [0.5, 0.6) is 0 Å². The van der Waals surface area contributed by atoms with Crippen LogP contribution in [0.25, 0.3) is 0 Å². The molecule has 0 N–H and O–H groups in total. The van der Waals surface area contributed by atoms with Gasteiger partial charge in [-0.25, -0.2) is 0 Å². The molecular formula is C44H80O4. The van der Waals surface area contributed by atoms with E-state index in [1.54, 1.807) is 12.5 Å². The maximum absolute atomic E-state index is 12.8. The molecule has 0 saturated heterocycles. The van der Waals surface area contributed by atoms with Gasteiger partial charge in [0.1, 0.15) is 0 Å². The van der Waals surface area contributed by atoms with E-state index in [-0.39, 0.29) is 11.9 Å². The number of carbonyl (C=O) groups excluding carboxylic acids is 2. The van der Waals surface area contributed by atoms with Gasteiger partial charge in [-0.15, -0.1) is 0 Å². The molecular weight excluding hydrogens is 592 g/mol. The molecule has 0 bridgehead atoms. The average molecular weight is 673 g/mol. The van der Waals surface area contributed by atoms with Crippen LogP contribution < -0.4 is 0 Å². The first-order chi connectivity index (χ1) is 23.7. The van der Waals surface area contributed by atoms with Crippen LogP contribution >= 0.6 is 0 Å². The topological polar surface area (TPSA) is 52.6 Å². The smallest absolute Gasteiger partial charge is 0.314 e. The molecule has 1 fully saturated rings. The van der Waals surface area contributed by atoms with Crippen LogP contribution in [-0.4, -0.2) is 11.9 Å². The van der Waals surface area contributed by atoms with Gasteiger partial charge >= 0.3 is 11.9 Å². The lowest BCUT2D eigenvalue weighted by Crippen LogP contribution is -2.33. The van der Waals surface area contributed by atoms with Gasteiger partial charge in [0.25, 0.3) is 0 Å². The van der Waals surface area contributed by atoms with Crippen LogP contribution in [0.2, 0.25) is 0 Å². The number of carbonyl (C=O) groups is 2. The van der Waals surface area contributed by atoms with Gasteiger partial charge in [-0.1, -0.05) is 194 Å². The second-order valence-corrected chi connectivity index (χ2v) is 14.9. The normalized spacial score (nSPS) is 16.6. The van der Waals surface area contributed by atoms with E-state index in [1.807, 2.05) is 12.2 Å². The zero-order valence-corrected chi connectivity index (χ0v) is 32.1. The summed E-state index contributed by atoms with van der Waals surface area (Å²) in [6.07, 6.45) is 50.2. The summed E-state index contributed by atoms with van der Waals surface area (Å²) in [5.74, 6) is -1.34. The molecule has 2 atom stereocenters. The van der Waals surface area contributed by atoms with E-state index in [0.29, 0.717) is 12.8 Å². The van der Waals surface area contributed by atoms with Crippen molar-refractivity contribution in [2.75, 3.05) is 0 Å². The first-order valence-electron chi connectivity index (χ1n) is 21.4. The minimum atomic E-state index is -0.392. The third-order valence-electron chi connectivity index (χ3n) is 10.4. The number of allylic oxidation sites excluding steroid dienone is 2. The van der Waals surface area contributed by atoms with Gasteiger partial charge in [0.15, 0.2) is 0 Å². The van der Waals surface area contributed by atoms with Crippen molar-refractivity contribution < 1.29 is 19.1 Å². The molecule has 280 valence electrons. The Morgan fingerprint density at radius 2 is 0.667 bits per heavy atom. The molecule has 0 radical (unpaired) electrons. The number of ether oxygens (including phenoxy) is 2. The minimum absolute atomic E-state index is 0.278.